The number of hydrogen-bond acceptors (Lipinski definition) is 2. The van der Waals surface area contributed by atoms with E-state index in [1.807, 2.05) is 12.1 Å². The number of aliphatic hydroxyl groups excluding tert-OH is 1. The maximum atomic E-state index is 9.73. The molecule has 0 aliphatic heterocycles. The van der Waals surface area contributed by atoms with Crippen molar-refractivity contribution in [2.45, 2.75) is 31.8 Å². The van der Waals surface area contributed by atoms with E-state index in [4.69, 9.17) is 4.74 Å². The van der Waals surface area contributed by atoms with Gasteiger partial charge in [-0.2, -0.15) is 0 Å². The summed E-state index contributed by atoms with van der Waals surface area (Å²) in [6, 6.07) is 8.08. The summed E-state index contributed by atoms with van der Waals surface area (Å²) in [6.07, 6.45) is 4.18. The minimum Gasteiger partial charge on any atom is -0.497 e. The van der Waals surface area contributed by atoms with Gasteiger partial charge in [0.2, 0.25) is 0 Å². The van der Waals surface area contributed by atoms with Crippen LogP contribution in [0.5, 0.6) is 5.75 Å². The van der Waals surface area contributed by atoms with E-state index in [0.29, 0.717) is 5.92 Å². The van der Waals surface area contributed by atoms with Gasteiger partial charge in [-0.05, 0) is 49.3 Å². The Kier molecular flexibility index (Phi) is 3.27. The fourth-order valence-corrected chi connectivity index (χ4v) is 1.82. The Labute approximate surface area is 90.9 Å². The highest BCUT2D eigenvalue weighted by Gasteiger charge is 2.28. The largest absolute Gasteiger partial charge is 0.497 e. The highest BCUT2D eigenvalue weighted by atomic mass is 16.5. The van der Waals surface area contributed by atoms with Gasteiger partial charge >= 0.3 is 0 Å². The Hall–Kier alpha value is -1.02. The Morgan fingerprint density at radius 1 is 1.33 bits per heavy atom. The van der Waals surface area contributed by atoms with E-state index in [9.17, 15) is 5.11 Å². The Morgan fingerprint density at radius 3 is 2.53 bits per heavy atom. The van der Waals surface area contributed by atoms with Gasteiger partial charge < -0.3 is 9.84 Å². The van der Waals surface area contributed by atoms with Gasteiger partial charge in [0.05, 0.1) is 13.2 Å². The minimum absolute atomic E-state index is 0.0906. The van der Waals surface area contributed by atoms with Crippen LogP contribution in [0.3, 0.4) is 0 Å². The summed E-state index contributed by atoms with van der Waals surface area (Å²) in [4.78, 5) is 0. The fourth-order valence-electron chi connectivity index (χ4n) is 1.82. The van der Waals surface area contributed by atoms with E-state index in [1.54, 1.807) is 7.11 Å². The number of benzene rings is 1. The summed E-state index contributed by atoms with van der Waals surface area (Å²) in [6.45, 7) is 0. The molecule has 2 nitrogen and oxygen atoms in total. The number of aryl methyl sites for hydroxylation is 1. The van der Waals surface area contributed by atoms with Crippen LogP contribution in [-0.2, 0) is 6.42 Å². The SMILES string of the molecule is COc1ccc(CC[C@@H](O)C2CC2)cc1. The maximum Gasteiger partial charge on any atom is 0.118 e. The summed E-state index contributed by atoms with van der Waals surface area (Å²) in [5.41, 5.74) is 1.27. The van der Waals surface area contributed by atoms with Gasteiger partial charge in [-0.1, -0.05) is 12.1 Å². The maximum absolute atomic E-state index is 9.73. The highest BCUT2D eigenvalue weighted by Crippen LogP contribution is 2.34. The van der Waals surface area contributed by atoms with Crippen molar-refractivity contribution in [3.8, 4) is 5.75 Å². The second-order valence-corrected chi connectivity index (χ2v) is 4.29. The molecule has 1 aromatic carbocycles. The Bertz CT molecular complexity index is 301. The average Bonchev–Trinajstić information content (AvgIpc) is 3.10. The van der Waals surface area contributed by atoms with Crippen LogP contribution in [0.25, 0.3) is 0 Å². The zero-order valence-electron chi connectivity index (χ0n) is 9.15. The van der Waals surface area contributed by atoms with E-state index in [1.165, 1.54) is 18.4 Å². The first-order valence-corrected chi connectivity index (χ1v) is 5.60. The molecule has 2 heteroatoms. The van der Waals surface area contributed by atoms with Crippen molar-refractivity contribution in [2.75, 3.05) is 7.11 Å². The first-order chi connectivity index (χ1) is 7.29. The van der Waals surface area contributed by atoms with Crippen LogP contribution in [0.2, 0.25) is 0 Å². The van der Waals surface area contributed by atoms with Crippen LogP contribution in [0.1, 0.15) is 24.8 Å². The fraction of sp³-hybridized carbons (Fsp3) is 0.538. The lowest BCUT2D eigenvalue weighted by atomic mass is 10.0. The second kappa shape index (κ2) is 4.67. The van der Waals surface area contributed by atoms with E-state index in [0.717, 1.165) is 18.6 Å². The van der Waals surface area contributed by atoms with E-state index >= 15 is 0 Å². The third-order valence-electron chi connectivity index (χ3n) is 3.05. The second-order valence-electron chi connectivity index (χ2n) is 4.29. The third-order valence-corrected chi connectivity index (χ3v) is 3.05. The van der Waals surface area contributed by atoms with Crippen LogP contribution in [-0.4, -0.2) is 18.3 Å². The van der Waals surface area contributed by atoms with Crippen LogP contribution in [0, 0.1) is 5.92 Å². The Morgan fingerprint density at radius 2 is 2.00 bits per heavy atom. The predicted octanol–water partition coefficient (Wildman–Crippen LogP) is 2.40. The van der Waals surface area contributed by atoms with E-state index in [2.05, 4.69) is 12.1 Å². The summed E-state index contributed by atoms with van der Waals surface area (Å²) >= 11 is 0. The van der Waals surface area contributed by atoms with Crippen molar-refractivity contribution in [1.29, 1.82) is 0 Å². The average molecular weight is 206 g/mol. The molecule has 1 atom stereocenters. The quantitative estimate of drug-likeness (QED) is 0.801. The molecule has 0 spiro atoms. The number of rotatable bonds is 5. The van der Waals surface area contributed by atoms with Crippen molar-refractivity contribution in [1.82, 2.24) is 0 Å². The molecule has 1 saturated carbocycles. The molecule has 0 bridgehead atoms. The smallest absolute Gasteiger partial charge is 0.118 e. The normalized spacial score (nSPS) is 17.5. The predicted molar refractivity (Wildman–Crippen MR) is 60.0 cm³/mol. The molecule has 1 aliphatic carbocycles. The lowest BCUT2D eigenvalue weighted by molar-refractivity contribution is 0.142. The molecule has 0 amide bonds. The van der Waals surface area contributed by atoms with Gasteiger partial charge in [0, 0.05) is 0 Å². The molecular formula is C13H18O2. The molecule has 1 aromatic rings. The van der Waals surface area contributed by atoms with Gasteiger partial charge in [0.15, 0.2) is 0 Å². The lowest BCUT2D eigenvalue weighted by Crippen LogP contribution is -2.09. The van der Waals surface area contributed by atoms with Crippen molar-refractivity contribution < 1.29 is 9.84 Å². The van der Waals surface area contributed by atoms with E-state index < -0.39 is 0 Å². The first kappa shape index (κ1) is 10.5. The number of aliphatic hydroxyl groups is 1. The Balaban J connectivity index is 1.81. The first-order valence-electron chi connectivity index (χ1n) is 5.60. The van der Waals surface area contributed by atoms with Gasteiger partial charge in [-0.25, -0.2) is 0 Å². The van der Waals surface area contributed by atoms with Crippen LogP contribution in [0.15, 0.2) is 24.3 Å². The summed E-state index contributed by atoms with van der Waals surface area (Å²) in [5, 5.41) is 9.73. The molecule has 1 aliphatic rings. The molecule has 0 aromatic heterocycles. The van der Waals surface area contributed by atoms with E-state index in [-0.39, 0.29) is 6.10 Å². The molecular weight excluding hydrogens is 188 g/mol. The summed E-state index contributed by atoms with van der Waals surface area (Å²) < 4.78 is 5.09. The van der Waals surface area contributed by atoms with Gasteiger partial charge in [0.25, 0.3) is 0 Å². The van der Waals surface area contributed by atoms with Crippen LogP contribution in [0.4, 0.5) is 0 Å². The van der Waals surface area contributed by atoms with Crippen molar-refractivity contribution in [2.24, 2.45) is 5.92 Å². The molecule has 82 valence electrons. The van der Waals surface area contributed by atoms with Gasteiger partial charge in [-0.3, -0.25) is 0 Å². The zero-order chi connectivity index (χ0) is 10.7. The number of hydrogen-bond donors (Lipinski definition) is 1. The van der Waals surface area contributed by atoms with Crippen LogP contribution < -0.4 is 4.74 Å². The molecule has 0 unspecified atom stereocenters. The lowest BCUT2D eigenvalue weighted by Gasteiger charge is -2.08. The van der Waals surface area contributed by atoms with Gasteiger partial charge in [-0.15, -0.1) is 0 Å². The minimum atomic E-state index is -0.0906. The van der Waals surface area contributed by atoms with Crippen LogP contribution >= 0.6 is 0 Å². The standard InChI is InChI=1S/C13H18O2/c1-15-12-7-2-10(3-8-12)4-9-13(14)11-5-6-11/h2-3,7-8,11,13-14H,4-6,9H2,1H3/t13-/m1/s1. The van der Waals surface area contributed by atoms with Crippen molar-refractivity contribution in [3.63, 3.8) is 0 Å². The monoisotopic (exact) mass is 206 g/mol. The summed E-state index contributed by atoms with van der Waals surface area (Å²) in [5.74, 6) is 1.48. The topological polar surface area (TPSA) is 29.5 Å². The molecule has 0 saturated heterocycles. The molecule has 0 radical (unpaired) electrons. The molecule has 0 heterocycles. The van der Waals surface area contributed by atoms with Gasteiger partial charge in [0.1, 0.15) is 5.75 Å². The third kappa shape index (κ3) is 2.96. The number of methoxy groups -OCH3 is 1. The molecule has 1 N–H and O–H groups in total. The highest BCUT2D eigenvalue weighted by molar-refractivity contribution is 5.27. The molecule has 2 rings (SSSR count). The zero-order valence-corrected chi connectivity index (χ0v) is 9.15. The van der Waals surface area contributed by atoms with Crippen molar-refractivity contribution >= 4 is 0 Å². The molecule has 1 fully saturated rings. The summed E-state index contributed by atoms with van der Waals surface area (Å²) in [7, 11) is 1.67. The van der Waals surface area contributed by atoms with Crippen molar-refractivity contribution in [3.05, 3.63) is 29.8 Å². The molecule has 15 heavy (non-hydrogen) atoms. The number of ether oxygens (including phenoxy) is 1.